The number of amides is 1. The van der Waals surface area contributed by atoms with Crippen LogP contribution in [0.1, 0.15) is 19.4 Å². The lowest BCUT2D eigenvalue weighted by Gasteiger charge is -2.17. The van der Waals surface area contributed by atoms with Gasteiger partial charge in [-0.15, -0.1) is 22.0 Å². The summed E-state index contributed by atoms with van der Waals surface area (Å²) in [7, 11) is 0. The second kappa shape index (κ2) is 10.6. The number of aromatic nitrogens is 4. The van der Waals surface area contributed by atoms with Gasteiger partial charge < -0.3 is 10.7 Å². The smallest absolute Gasteiger partial charge is 0.233 e. The zero-order valence-corrected chi connectivity index (χ0v) is 20.2. The minimum absolute atomic E-state index is 0.0563. The molecular weight excluding hydrogens is 460 g/mol. The van der Waals surface area contributed by atoms with Crippen molar-refractivity contribution in [3.63, 3.8) is 0 Å². The monoisotopic (exact) mass is 482 g/mol. The summed E-state index contributed by atoms with van der Waals surface area (Å²) in [5.41, 5.74) is 1.78. The predicted molar refractivity (Wildman–Crippen MR) is 127 cm³/mol. The van der Waals surface area contributed by atoms with Gasteiger partial charge >= 0.3 is 0 Å². The summed E-state index contributed by atoms with van der Waals surface area (Å²) >= 11 is 10.8. The number of nitrogen functional groups attached to an aromatic ring is 1. The molecule has 0 aliphatic rings. The van der Waals surface area contributed by atoms with Crippen LogP contribution in [0.5, 0.6) is 0 Å². The van der Waals surface area contributed by atoms with Gasteiger partial charge in [0.25, 0.3) is 0 Å². The number of hydrogen-bond donors (Lipinski definition) is 1. The first-order valence-corrected chi connectivity index (χ1v) is 12.9. The Labute approximate surface area is 193 Å². The lowest BCUT2D eigenvalue weighted by Crippen LogP contribution is -2.32. The summed E-state index contributed by atoms with van der Waals surface area (Å²) in [6.07, 6.45) is 2.03. The van der Waals surface area contributed by atoms with Crippen molar-refractivity contribution < 1.29 is 4.79 Å². The second-order valence-electron chi connectivity index (χ2n) is 6.28. The third-order valence-electron chi connectivity index (χ3n) is 4.48. The summed E-state index contributed by atoms with van der Waals surface area (Å²) in [4.78, 5) is 19.6. The van der Waals surface area contributed by atoms with Gasteiger partial charge in [0.2, 0.25) is 16.2 Å². The predicted octanol–water partition coefficient (Wildman–Crippen LogP) is 4.17. The Morgan fingerprint density at radius 2 is 1.87 bits per heavy atom. The number of halogens is 1. The summed E-state index contributed by atoms with van der Waals surface area (Å²) in [6, 6.07) is 8.19. The van der Waals surface area contributed by atoms with Crippen LogP contribution in [0.4, 0.5) is 0 Å². The van der Waals surface area contributed by atoms with Crippen molar-refractivity contribution in [2.75, 3.05) is 30.9 Å². The van der Waals surface area contributed by atoms with E-state index < -0.39 is 0 Å². The highest BCUT2D eigenvalue weighted by molar-refractivity contribution is 8.00. The van der Waals surface area contributed by atoms with Gasteiger partial charge in [-0.25, -0.2) is 9.66 Å². The number of pyridine rings is 1. The van der Waals surface area contributed by atoms with Crippen molar-refractivity contribution in [1.29, 1.82) is 0 Å². The Kier molecular flexibility index (Phi) is 8.15. The van der Waals surface area contributed by atoms with Crippen LogP contribution in [0, 0.1) is 0 Å². The minimum atomic E-state index is 0.0563. The summed E-state index contributed by atoms with van der Waals surface area (Å²) in [5, 5.41) is 10.8. The van der Waals surface area contributed by atoms with Crippen molar-refractivity contribution in [3.8, 4) is 0 Å². The maximum absolute atomic E-state index is 12.2. The number of rotatable bonds is 9. The van der Waals surface area contributed by atoms with Crippen LogP contribution in [0.3, 0.4) is 0 Å². The SMILES string of the molecule is CCN(CC)C(=O)CSc1nnc(SCc2cc3ccc(SC)cc3nc2Cl)n1N. The molecule has 2 heterocycles. The average molecular weight is 483 g/mol. The van der Waals surface area contributed by atoms with E-state index in [2.05, 4.69) is 21.2 Å². The summed E-state index contributed by atoms with van der Waals surface area (Å²) in [5.74, 6) is 7.02. The fourth-order valence-electron chi connectivity index (χ4n) is 2.79. The lowest BCUT2D eigenvalue weighted by molar-refractivity contribution is -0.127. The minimum Gasteiger partial charge on any atom is -0.343 e. The number of fused-ring (bicyclic) bond motifs is 1. The zero-order valence-electron chi connectivity index (χ0n) is 17.0. The molecule has 0 spiro atoms. The van der Waals surface area contributed by atoms with Crippen LogP contribution in [-0.4, -0.2) is 55.8 Å². The molecule has 3 aromatic rings. The Morgan fingerprint density at radius 1 is 1.17 bits per heavy atom. The molecule has 11 heteroatoms. The number of nitrogens with two attached hydrogens (primary N) is 1. The first-order chi connectivity index (χ1) is 14.5. The highest BCUT2D eigenvalue weighted by atomic mass is 35.5. The molecule has 3 rings (SSSR count). The Morgan fingerprint density at radius 3 is 2.53 bits per heavy atom. The number of hydrogen-bond acceptors (Lipinski definition) is 8. The van der Waals surface area contributed by atoms with E-state index in [0.717, 1.165) is 21.4 Å². The number of benzene rings is 1. The molecule has 0 atom stereocenters. The molecule has 0 bridgehead atoms. The Bertz CT molecular complexity index is 1040. The van der Waals surface area contributed by atoms with E-state index in [1.54, 1.807) is 16.7 Å². The molecule has 0 radical (unpaired) electrons. The molecule has 0 saturated carbocycles. The molecule has 2 aromatic heterocycles. The number of carbonyl (C=O) groups is 1. The van der Waals surface area contributed by atoms with Gasteiger partial charge in [-0.05, 0) is 38.3 Å². The van der Waals surface area contributed by atoms with Crippen molar-refractivity contribution in [2.45, 2.75) is 34.8 Å². The molecule has 1 amide bonds. The average Bonchev–Trinajstić information content (AvgIpc) is 3.10. The largest absolute Gasteiger partial charge is 0.343 e. The van der Waals surface area contributed by atoms with Crippen LogP contribution < -0.4 is 5.84 Å². The standard InChI is InChI=1S/C19H23ClN6OS3/c1-4-25(5-2)16(27)11-30-19-24-23-18(26(19)21)29-10-13-8-12-6-7-14(28-3)9-15(12)22-17(13)20/h6-9H,4-5,10-11,21H2,1-3H3. The van der Waals surface area contributed by atoms with E-state index in [4.69, 9.17) is 17.4 Å². The zero-order chi connectivity index (χ0) is 21.7. The highest BCUT2D eigenvalue weighted by Gasteiger charge is 2.16. The first-order valence-electron chi connectivity index (χ1n) is 9.33. The van der Waals surface area contributed by atoms with E-state index in [9.17, 15) is 4.79 Å². The van der Waals surface area contributed by atoms with Crippen LogP contribution in [0.15, 0.2) is 39.5 Å². The van der Waals surface area contributed by atoms with Crippen molar-refractivity contribution in [3.05, 3.63) is 35.0 Å². The maximum Gasteiger partial charge on any atom is 0.233 e. The molecule has 0 aliphatic carbocycles. The van der Waals surface area contributed by atoms with E-state index >= 15 is 0 Å². The molecule has 0 saturated heterocycles. The van der Waals surface area contributed by atoms with Gasteiger partial charge in [-0.1, -0.05) is 41.2 Å². The molecule has 7 nitrogen and oxygen atoms in total. The molecule has 30 heavy (non-hydrogen) atoms. The quantitative estimate of drug-likeness (QED) is 0.276. The van der Waals surface area contributed by atoms with Crippen LogP contribution in [0.25, 0.3) is 10.9 Å². The molecule has 160 valence electrons. The summed E-state index contributed by atoms with van der Waals surface area (Å²) < 4.78 is 1.41. The van der Waals surface area contributed by atoms with Crippen molar-refractivity contribution in [2.24, 2.45) is 0 Å². The fourth-order valence-corrected chi connectivity index (χ4v) is 5.16. The van der Waals surface area contributed by atoms with Gasteiger partial charge in [0.05, 0.1) is 11.3 Å². The molecule has 0 unspecified atom stereocenters. The number of carbonyl (C=O) groups excluding carboxylic acids is 1. The number of nitrogens with zero attached hydrogens (tertiary/aromatic N) is 5. The molecule has 0 aliphatic heterocycles. The fraction of sp³-hybridized carbons (Fsp3) is 0.368. The highest BCUT2D eigenvalue weighted by Crippen LogP contribution is 2.29. The van der Waals surface area contributed by atoms with Gasteiger partial charge in [0, 0.05) is 34.7 Å². The third kappa shape index (κ3) is 5.35. The van der Waals surface area contributed by atoms with E-state index in [1.165, 1.54) is 28.2 Å². The van der Waals surface area contributed by atoms with Gasteiger partial charge in [-0.2, -0.15) is 0 Å². The van der Waals surface area contributed by atoms with Gasteiger partial charge in [0.1, 0.15) is 5.15 Å². The maximum atomic E-state index is 12.2. The second-order valence-corrected chi connectivity index (χ2v) is 9.40. The van der Waals surface area contributed by atoms with Crippen molar-refractivity contribution >= 4 is 63.7 Å². The van der Waals surface area contributed by atoms with Crippen LogP contribution in [0.2, 0.25) is 5.15 Å². The van der Waals surface area contributed by atoms with Crippen molar-refractivity contribution in [1.82, 2.24) is 24.8 Å². The molecule has 0 fully saturated rings. The molecular formula is C19H23ClN6OS3. The summed E-state index contributed by atoms with van der Waals surface area (Å²) in [6.45, 7) is 5.29. The van der Waals surface area contributed by atoms with E-state index in [-0.39, 0.29) is 11.7 Å². The van der Waals surface area contributed by atoms with Crippen LogP contribution in [-0.2, 0) is 10.5 Å². The molecule has 2 N–H and O–H groups in total. The van der Waals surface area contributed by atoms with E-state index in [1.807, 2.05) is 38.3 Å². The first kappa shape index (κ1) is 23.1. The normalized spacial score (nSPS) is 11.2. The number of thioether (sulfide) groups is 3. The topological polar surface area (TPSA) is 89.9 Å². The Balaban J connectivity index is 1.66. The lowest BCUT2D eigenvalue weighted by atomic mass is 10.2. The van der Waals surface area contributed by atoms with Crippen LogP contribution >= 0.6 is 46.9 Å². The van der Waals surface area contributed by atoms with Gasteiger partial charge in [-0.3, -0.25) is 4.79 Å². The van der Waals surface area contributed by atoms with E-state index in [0.29, 0.717) is 34.3 Å². The Hall–Kier alpha value is -1.62. The third-order valence-corrected chi connectivity index (χ3v) is 7.45. The van der Waals surface area contributed by atoms with Gasteiger partial charge in [0.15, 0.2) is 0 Å². The molecule has 1 aromatic carbocycles.